The van der Waals surface area contributed by atoms with Crippen molar-refractivity contribution in [3.05, 3.63) is 106 Å². The number of piperidine rings is 1. The highest BCUT2D eigenvalue weighted by molar-refractivity contribution is 6.30. The maximum Gasteiger partial charge on any atom is 0.263 e. The van der Waals surface area contributed by atoms with Crippen LogP contribution in [0.1, 0.15) is 83.8 Å². The van der Waals surface area contributed by atoms with Crippen molar-refractivity contribution in [1.82, 2.24) is 35.6 Å². The number of amides is 5. The number of nitrogens with zero attached hydrogens (tertiary/aromatic N) is 5. The summed E-state index contributed by atoms with van der Waals surface area (Å²) >= 11 is 6.23. The van der Waals surface area contributed by atoms with Crippen molar-refractivity contribution in [3.63, 3.8) is 0 Å². The van der Waals surface area contributed by atoms with Crippen molar-refractivity contribution in [2.24, 2.45) is 10.9 Å². The highest BCUT2D eigenvalue weighted by Gasteiger charge is 2.43. The minimum atomic E-state index is -0.862. The number of fused-ring (bicyclic) bond motifs is 4. The highest BCUT2D eigenvalue weighted by atomic mass is 35.5. The second-order valence-corrected chi connectivity index (χ2v) is 14.7. The molecule has 4 aromatic rings. The number of ether oxygens (including phenoxy) is 2. The van der Waals surface area contributed by atoms with E-state index in [9.17, 15) is 24.0 Å². The van der Waals surface area contributed by atoms with Crippen LogP contribution in [-0.4, -0.2) is 87.8 Å². The zero-order valence-electron chi connectivity index (χ0n) is 32.3. The summed E-state index contributed by atoms with van der Waals surface area (Å²) in [6.45, 7) is 8.20. The molecule has 3 aromatic carbocycles. The molecule has 0 spiro atoms. The fourth-order valence-electron chi connectivity index (χ4n) is 7.44. The molecule has 4 heterocycles. The van der Waals surface area contributed by atoms with E-state index in [-0.39, 0.29) is 48.5 Å². The average Bonchev–Trinajstić information content (AvgIpc) is 3.66. The molecular weight excluding hydrogens is 764 g/mol. The molecule has 0 radical (unpaired) electrons. The number of benzene rings is 3. The van der Waals surface area contributed by atoms with Crippen LogP contribution in [0.2, 0.25) is 5.02 Å². The maximum atomic E-state index is 13.6. The standard InChI is InChI=1S/C42H43ClN8O7/c1-23(37-39-49-48-25(3)51(39)31-16-15-28(57-4)21-30(31)38(47-37)26-11-13-27(43)14-12-26)40(54)45-20-7-5-6-19-44-35(53)22-58-33-10-8-9-29-24(2)50(42(56)36(29)33)32-17-18-34(52)46-41(32)55/h8-16,21,23,32,37H,2,5-7,17-20,22H2,1,3-4H3,(H,44,53)(H,45,54)(H,46,52,55)/t23-,32?,37+/m1/s1. The number of imide groups is 1. The average molecular weight is 807 g/mol. The fourth-order valence-corrected chi connectivity index (χ4v) is 7.57. The van der Waals surface area contributed by atoms with Gasteiger partial charge in [0.05, 0.1) is 30.0 Å². The van der Waals surface area contributed by atoms with Gasteiger partial charge in [-0.2, -0.15) is 0 Å². The number of carbonyl (C=O) groups excluding carboxylic acids is 5. The van der Waals surface area contributed by atoms with Crippen LogP contribution in [0, 0.1) is 12.8 Å². The Morgan fingerprint density at radius 1 is 1.00 bits per heavy atom. The van der Waals surface area contributed by atoms with Crippen LogP contribution in [0.15, 0.2) is 72.2 Å². The van der Waals surface area contributed by atoms with E-state index in [1.807, 2.05) is 48.7 Å². The van der Waals surface area contributed by atoms with Crippen molar-refractivity contribution >= 4 is 52.5 Å². The molecule has 58 heavy (non-hydrogen) atoms. The van der Waals surface area contributed by atoms with E-state index in [0.29, 0.717) is 65.3 Å². The van der Waals surface area contributed by atoms with Gasteiger partial charge in [-0.05, 0) is 69.0 Å². The summed E-state index contributed by atoms with van der Waals surface area (Å²) in [7, 11) is 1.61. The number of aryl methyl sites for hydroxylation is 1. The third-order valence-corrected chi connectivity index (χ3v) is 10.8. The number of methoxy groups -OCH3 is 1. The molecule has 3 aliphatic rings. The summed E-state index contributed by atoms with van der Waals surface area (Å²) in [5.74, 6) is -0.475. The number of hydrogen-bond donors (Lipinski definition) is 3. The SMILES string of the molecule is C=C1c2cccc(OCC(=O)NCCCCCNC(=O)[C@H](C)[C@@H]3N=C(c4ccc(Cl)cc4)c4cc(OC)ccc4-n4c(C)nnc43)c2C(=O)N1C1CCC(=O)NC1=O. The largest absolute Gasteiger partial charge is 0.497 e. The van der Waals surface area contributed by atoms with Gasteiger partial charge in [-0.1, -0.05) is 49.4 Å². The number of halogens is 1. The quantitative estimate of drug-likeness (QED) is 0.122. The molecule has 7 rings (SSSR count). The smallest absolute Gasteiger partial charge is 0.263 e. The van der Waals surface area contributed by atoms with Crippen LogP contribution in [0.4, 0.5) is 0 Å². The van der Waals surface area contributed by atoms with Gasteiger partial charge in [0, 0.05) is 46.9 Å². The third-order valence-electron chi connectivity index (χ3n) is 10.5. The van der Waals surface area contributed by atoms with Gasteiger partial charge in [0.1, 0.15) is 29.4 Å². The van der Waals surface area contributed by atoms with Crippen LogP contribution >= 0.6 is 11.6 Å². The second kappa shape index (κ2) is 17.0. The summed E-state index contributed by atoms with van der Waals surface area (Å²) in [5, 5.41) is 17.6. The predicted octanol–water partition coefficient (Wildman–Crippen LogP) is 4.48. The number of unbranched alkanes of at least 4 members (excludes halogenated alkanes) is 2. The third kappa shape index (κ3) is 7.94. The molecule has 15 nitrogen and oxygen atoms in total. The molecule has 0 bridgehead atoms. The van der Waals surface area contributed by atoms with E-state index in [0.717, 1.165) is 23.2 Å². The monoisotopic (exact) mass is 806 g/mol. The van der Waals surface area contributed by atoms with E-state index in [1.165, 1.54) is 4.90 Å². The van der Waals surface area contributed by atoms with Crippen LogP contribution in [0.25, 0.3) is 11.4 Å². The minimum absolute atomic E-state index is 0.114. The van der Waals surface area contributed by atoms with Gasteiger partial charge in [-0.25, -0.2) is 0 Å². The van der Waals surface area contributed by atoms with Crippen molar-refractivity contribution in [3.8, 4) is 17.2 Å². The molecule has 5 amide bonds. The molecule has 1 saturated heterocycles. The van der Waals surface area contributed by atoms with E-state index < -0.39 is 29.8 Å². The Labute approximate surface area is 339 Å². The molecule has 1 unspecified atom stereocenters. The van der Waals surface area contributed by atoms with Gasteiger partial charge >= 0.3 is 0 Å². The van der Waals surface area contributed by atoms with Crippen LogP contribution in [-0.2, 0) is 19.2 Å². The Morgan fingerprint density at radius 3 is 2.50 bits per heavy atom. The predicted molar refractivity (Wildman–Crippen MR) is 215 cm³/mol. The molecule has 1 aromatic heterocycles. The zero-order valence-corrected chi connectivity index (χ0v) is 33.1. The number of rotatable bonds is 14. The van der Waals surface area contributed by atoms with Gasteiger partial charge in [0.25, 0.3) is 11.8 Å². The van der Waals surface area contributed by atoms with Crippen LogP contribution in [0.3, 0.4) is 0 Å². The zero-order chi connectivity index (χ0) is 41.1. The van der Waals surface area contributed by atoms with Gasteiger partial charge in [0.2, 0.25) is 17.7 Å². The molecule has 3 aliphatic heterocycles. The lowest BCUT2D eigenvalue weighted by molar-refractivity contribution is -0.136. The summed E-state index contributed by atoms with van der Waals surface area (Å²) in [4.78, 5) is 70.3. The van der Waals surface area contributed by atoms with E-state index in [4.69, 9.17) is 26.1 Å². The van der Waals surface area contributed by atoms with Gasteiger partial charge in [-0.15, -0.1) is 10.2 Å². The molecule has 3 N–H and O–H groups in total. The van der Waals surface area contributed by atoms with Crippen molar-refractivity contribution in [2.45, 2.75) is 58.0 Å². The molecule has 3 atom stereocenters. The number of carbonyl (C=O) groups is 5. The molecule has 16 heteroatoms. The van der Waals surface area contributed by atoms with Crippen molar-refractivity contribution in [2.75, 3.05) is 26.8 Å². The minimum Gasteiger partial charge on any atom is -0.497 e. The van der Waals surface area contributed by atoms with Crippen LogP contribution in [0.5, 0.6) is 11.5 Å². The van der Waals surface area contributed by atoms with Gasteiger partial charge < -0.3 is 20.1 Å². The van der Waals surface area contributed by atoms with Crippen molar-refractivity contribution < 1.29 is 33.4 Å². The lowest BCUT2D eigenvalue weighted by Gasteiger charge is -2.30. The first kappa shape index (κ1) is 39.9. The molecule has 1 fully saturated rings. The van der Waals surface area contributed by atoms with Gasteiger partial charge in [0.15, 0.2) is 12.4 Å². The first-order valence-electron chi connectivity index (χ1n) is 19.1. The summed E-state index contributed by atoms with van der Waals surface area (Å²) in [6.07, 6.45) is 2.39. The Balaban J connectivity index is 0.903. The Kier molecular flexibility index (Phi) is 11.7. The molecular formula is C42H43ClN8O7. The maximum absolute atomic E-state index is 13.6. The number of hydrogen-bond acceptors (Lipinski definition) is 10. The first-order valence-corrected chi connectivity index (χ1v) is 19.5. The number of aliphatic imine (C=N–C) groups is 1. The van der Waals surface area contributed by atoms with Crippen LogP contribution < -0.4 is 25.4 Å². The van der Waals surface area contributed by atoms with Gasteiger partial charge in [-0.3, -0.25) is 43.7 Å². The normalized spacial score (nSPS) is 17.7. The second-order valence-electron chi connectivity index (χ2n) is 14.3. The Morgan fingerprint density at radius 2 is 1.76 bits per heavy atom. The molecule has 300 valence electrons. The number of nitrogens with one attached hydrogen (secondary N) is 3. The Bertz CT molecular complexity index is 2340. The fraction of sp³-hybridized carbons (Fsp3) is 0.333. The summed E-state index contributed by atoms with van der Waals surface area (Å²) in [6, 6.07) is 16.6. The van der Waals surface area contributed by atoms with E-state index in [1.54, 1.807) is 37.4 Å². The summed E-state index contributed by atoms with van der Waals surface area (Å²) in [5.41, 5.74) is 4.20. The molecule has 0 aliphatic carbocycles. The Hall–Kier alpha value is -6.35. The van der Waals surface area contributed by atoms with E-state index in [2.05, 4.69) is 32.7 Å². The first-order chi connectivity index (χ1) is 28.0. The summed E-state index contributed by atoms with van der Waals surface area (Å²) < 4.78 is 13.3. The van der Waals surface area contributed by atoms with E-state index >= 15 is 0 Å². The number of aromatic nitrogens is 3. The highest BCUT2D eigenvalue weighted by Crippen LogP contribution is 2.40. The topological polar surface area (TPSA) is 186 Å². The van der Waals surface area contributed by atoms with Crippen molar-refractivity contribution in [1.29, 1.82) is 0 Å². The lowest BCUT2D eigenvalue weighted by Crippen LogP contribution is -2.52. The lowest BCUT2D eigenvalue weighted by atomic mass is 9.98. The molecule has 0 saturated carbocycles.